The molecule has 0 bridgehead atoms. The Kier molecular flexibility index (Phi) is 3.28. The van der Waals surface area contributed by atoms with Gasteiger partial charge in [0.05, 0.1) is 6.54 Å². The number of aliphatic imine (C=N–C) groups is 1. The fourth-order valence-corrected chi connectivity index (χ4v) is 1.00. The molecule has 0 unspecified atom stereocenters. The molecular weight excluding hydrogens is 164 g/mol. The van der Waals surface area contributed by atoms with Gasteiger partial charge in [-0.1, -0.05) is 12.1 Å². The van der Waals surface area contributed by atoms with Crippen molar-refractivity contribution in [2.75, 3.05) is 18.8 Å². The monoisotopic (exact) mass is 178 g/mol. The Morgan fingerprint density at radius 3 is 2.62 bits per heavy atom. The first-order chi connectivity index (χ1) is 6.25. The fourth-order valence-electron chi connectivity index (χ4n) is 1.00. The van der Waals surface area contributed by atoms with Gasteiger partial charge in [0.25, 0.3) is 0 Å². The number of para-hydroxylation sites is 1. The van der Waals surface area contributed by atoms with Crippen molar-refractivity contribution in [2.24, 2.45) is 16.5 Å². The number of hydrogen-bond donors (Lipinski definition) is 3. The van der Waals surface area contributed by atoms with Crippen LogP contribution < -0.4 is 17.2 Å². The molecule has 0 fully saturated rings. The zero-order chi connectivity index (χ0) is 9.68. The Morgan fingerprint density at radius 2 is 2.00 bits per heavy atom. The maximum atomic E-state index is 5.70. The van der Waals surface area contributed by atoms with Gasteiger partial charge in [-0.25, -0.2) is 0 Å². The van der Waals surface area contributed by atoms with Crippen molar-refractivity contribution < 1.29 is 0 Å². The van der Waals surface area contributed by atoms with Gasteiger partial charge < -0.3 is 17.2 Å². The smallest absolute Gasteiger partial charge is 0.127 e. The summed E-state index contributed by atoms with van der Waals surface area (Å²) in [5.74, 6) is 0.448. The van der Waals surface area contributed by atoms with E-state index in [1.165, 1.54) is 0 Å². The SMILES string of the molecule is NCCN=C(N)c1ccccc1N. The minimum atomic E-state index is 0.448. The maximum absolute atomic E-state index is 5.70. The molecule has 13 heavy (non-hydrogen) atoms. The first-order valence-electron chi connectivity index (χ1n) is 4.10. The van der Waals surface area contributed by atoms with Crippen LogP contribution >= 0.6 is 0 Å². The van der Waals surface area contributed by atoms with E-state index < -0.39 is 0 Å². The lowest BCUT2D eigenvalue weighted by Crippen LogP contribution is -2.17. The van der Waals surface area contributed by atoms with E-state index in [0.717, 1.165) is 5.56 Å². The molecule has 1 aromatic carbocycles. The largest absolute Gasteiger partial charge is 0.398 e. The average Bonchev–Trinajstić information content (AvgIpc) is 2.15. The van der Waals surface area contributed by atoms with Crippen LogP contribution in [0.15, 0.2) is 29.3 Å². The Hall–Kier alpha value is -1.55. The van der Waals surface area contributed by atoms with Gasteiger partial charge in [0.1, 0.15) is 5.84 Å². The third-order valence-corrected chi connectivity index (χ3v) is 1.65. The van der Waals surface area contributed by atoms with Crippen LogP contribution in [-0.4, -0.2) is 18.9 Å². The highest BCUT2D eigenvalue weighted by atomic mass is 14.9. The molecule has 0 aliphatic heterocycles. The van der Waals surface area contributed by atoms with E-state index in [2.05, 4.69) is 4.99 Å². The molecule has 70 valence electrons. The Bertz CT molecular complexity index is 306. The normalized spacial score (nSPS) is 11.6. The third kappa shape index (κ3) is 2.45. The molecule has 0 aliphatic carbocycles. The second-order valence-electron chi connectivity index (χ2n) is 2.64. The molecule has 0 amide bonds. The molecule has 0 saturated carbocycles. The van der Waals surface area contributed by atoms with E-state index in [1.807, 2.05) is 18.2 Å². The Labute approximate surface area is 77.4 Å². The Balaban J connectivity index is 2.88. The molecule has 4 nitrogen and oxygen atoms in total. The van der Waals surface area contributed by atoms with Crippen molar-refractivity contribution in [1.29, 1.82) is 0 Å². The predicted octanol–water partition coefficient (Wildman–Crippen LogP) is -0.0672. The van der Waals surface area contributed by atoms with Gasteiger partial charge in [-0.15, -0.1) is 0 Å². The van der Waals surface area contributed by atoms with Crippen LogP contribution in [0.4, 0.5) is 5.69 Å². The lowest BCUT2D eigenvalue weighted by molar-refractivity contribution is 0.973. The van der Waals surface area contributed by atoms with Crippen molar-refractivity contribution in [1.82, 2.24) is 0 Å². The first kappa shape index (κ1) is 9.54. The summed E-state index contributed by atoms with van der Waals surface area (Å²) in [5, 5.41) is 0. The molecular formula is C9H14N4. The number of rotatable bonds is 3. The second kappa shape index (κ2) is 4.47. The maximum Gasteiger partial charge on any atom is 0.127 e. The number of nitrogen functional groups attached to an aromatic ring is 1. The standard InChI is InChI=1S/C9H14N4/c10-5-6-13-9(12)7-3-1-2-4-8(7)11/h1-4H,5-6,10-11H2,(H2,12,13). The number of anilines is 1. The zero-order valence-electron chi connectivity index (χ0n) is 7.40. The molecule has 0 saturated heterocycles. The summed E-state index contributed by atoms with van der Waals surface area (Å²) in [4.78, 5) is 4.06. The van der Waals surface area contributed by atoms with Crippen LogP contribution in [0, 0.1) is 0 Å². The highest BCUT2D eigenvalue weighted by Crippen LogP contribution is 2.09. The molecule has 0 atom stereocenters. The van der Waals surface area contributed by atoms with Gasteiger partial charge in [0, 0.05) is 17.8 Å². The van der Waals surface area contributed by atoms with E-state index in [1.54, 1.807) is 6.07 Å². The van der Waals surface area contributed by atoms with Crippen molar-refractivity contribution in [3.63, 3.8) is 0 Å². The molecule has 1 aromatic rings. The van der Waals surface area contributed by atoms with Crippen molar-refractivity contribution in [2.45, 2.75) is 0 Å². The lowest BCUT2D eigenvalue weighted by atomic mass is 10.1. The highest BCUT2D eigenvalue weighted by Gasteiger charge is 2.00. The summed E-state index contributed by atoms with van der Waals surface area (Å²) in [6, 6.07) is 7.36. The van der Waals surface area contributed by atoms with Crippen LogP contribution in [-0.2, 0) is 0 Å². The van der Waals surface area contributed by atoms with E-state index >= 15 is 0 Å². The van der Waals surface area contributed by atoms with Gasteiger partial charge in [0.2, 0.25) is 0 Å². The number of benzene rings is 1. The predicted molar refractivity (Wildman–Crippen MR) is 55.5 cm³/mol. The minimum Gasteiger partial charge on any atom is -0.398 e. The van der Waals surface area contributed by atoms with Crippen molar-refractivity contribution >= 4 is 11.5 Å². The number of hydrogen-bond acceptors (Lipinski definition) is 3. The fraction of sp³-hybridized carbons (Fsp3) is 0.222. The van der Waals surface area contributed by atoms with Crippen LogP contribution in [0.5, 0.6) is 0 Å². The number of amidine groups is 1. The lowest BCUT2D eigenvalue weighted by Gasteiger charge is -2.03. The molecule has 4 heteroatoms. The minimum absolute atomic E-state index is 0.448. The Morgan fingerprint density at radius 1 is 1.31 bits per heavy atom. The van der Waals surface area contributed by atoms with Gasteiger partial charge in [-0.3, -0.25) is 4.99 Å². The average molecular weight is 178 g/mol. The molecule has 0 aliphatic rings. The van der Waals surface area contributed by atoms with E-state index in [-0.39, 0.29) is 0 Å². The van der Waals surface area contributed by atoms with Crippen LogP contribution in [0.1, 0.15) is 5.56 Å². The molecule has 0 radical (unpaired) electrons. The highest BCUT2D eigenvalue weighted by molar-refractivity contribution is 6.01. The summed E-state index contributed by atoms with van der Waals surface area (Å²) in [7, 11) is 0. The van der Waals surface area contributed by atoms with Crippen molar-refractivity contribution in [3.8, 4) is 0 Å². The van der Waals surface area contributed by atoms with Gasteiger partial charge in [0.15, 0.2) is 0 Å². The topological polar surface area (TPSA) is 90.4 Å². The van der Waals surface area contributed by atoms with Gasteiger partial charge in [-0.2, -0.15) is 0 Å². The van der Waals surface area contributed by atoms with E-state index in [0.29, 0.717) is 24.6 Å². The number of nitrogens with two attached hydrogens (primary N) is 3. The zero-order valence-corrected chi connectivity index (χ0v) is 7.40. The van der Waals surface area contributed by atoms with Crippen molar-refractivity contribution in [3.05, 3.63) is 29.8 Å². The van der Waals surface area contributed by atoms with Crippen LogP contribution in [0.3, 0.4) is 0 Å². The van der Waals surface area contributed by atoms with E-state index in [9.17, 15) is 0 Å². The molecule has 0 heterocycles. The third-order valence-electron chi connectivity index (χ3n) is 1.65. The summed E-state index contributed by atoms with van der Waals surface area (Å²) in [6.45, 7) is 1.02. The van der Waals surface area contributed by atoms with Crippen LogP contribution in [0.25, 0.3) is 0 Å². The second-order valence-corrected chi connectivity index (χ2v) is 2.64. The molecule has 1 rings (SSSR count). The summed E-state index contributed by atoms with van der Waals surface area (Å²) >= 11 is 0. The van der Waals surface area contributed by atoms with Gasteiger partial charge in [-0.05, 0) is 12.1 Å². The molecule has 6 N–H and O–H groups in total. The summed E-state index contributed by atoms with van der Waals surface area (Å²) < 4.78 is 0. The quantitative estimate of drug-likeness (QED) is 0.344. The van der Waals surface area contributed by atoms with Gasteiger partial charge >= 0.3 is 0 Å². The van der Waals surface area contributed by atoms with E-state index in [4.69, 9.17) is 17.2 Å². The summed E-state index contributed by atoms with van der Waals surface area (Å²) in [5.41, 5.74) is 18.1. The first-order valence-corrected chi connectivity index (χ1v) is 4.10. The summed E-state index contributed by atoms with van der Waals surface area (Å²) in [6.07, 6.45) is 0. The molecule has 0 aromatic heterocycles. The molecule has 0 spiro atoms. The number of nitrogens with zero attached hydrogens (tertiary/aromatic N) is 1. The van der Waals surface area contributed by atoms with Crippen LogP contribution in [0.2, 0.25) is 0 Å².